The van der Waals surface area contributed by atoms with E-state index in [1.165, 1.54) is 13.2 Å². The summed E-state index contributed by atoms with van der Waals surface area (Å²) in [5.41, 5.74) is 0.394. The number of carbonyl (C=O) groups is 2. The van der Waals surface area contributed by atoms with Gasteiger partial charge in [-0.05, 0) is 62.8 Å². The van der Waals surface area contributed by atoms with Crippen LogP contribution in [0.2, 0.25) is 0 Å². The molecule has 35 heavy (non-hydrogen) atoms. The van der Waals surface area contributed by atoms with Gasteiger partial charge in [0.05, 0.1) is 19.0 Å². The Morgan fingerprint density at radius 1 is 1.29 bits per heavy atom. The number of rotatable bonds is 6. The van der Waals surface area contributed by atoms with Crippen LogP contribution in [0.1, 0.15) is 61.9 Å². The first-order valence-corrected chi connectivity index (χ1v) is 12.3. The highest BCUT2D eigenvalue weighted by atomic mass is 19.1. The molecular formula is C25H30FN5O4. The zero-order chi connectivity index (χ0) is 24.4. The van der Waals surface area contributed by atoms with E-state index in [0.717, 1.165) is 44.7 Å². The molecule has 2 aromatic heterocycles. The molecule has 0 unspecified atom stereocenters. The third-order valence-corrected chi connectivity index (χ3v) is 8.75. The van der Waals surface area contributed by atoms with Crippen LogP contribution in [0, 0.1) is 17.2 Å². The fourth-order valence-corrected chi connectivity index (χ4v) is 6.74. The van der Waals surface area contributed by atoms with E-state index >= 15 is 0 Å². The number of amides is 2. The number of aliphatic hydroxyl groups is 1. The number of aromatic nitrogens is 3. The molecule has 1 atom stereocenters. The first kappa shape index (κ1) is 22.5. The lowest BCUT2D eigenvalue weighted by atomic mass is 9.65. The van der Waals surface area contributed by atoms with E-state index in [9.17, 15) is 19.1 Å². The molecule has 3 heterocycles. The van der Waals surface area contributed by atoms with E-state index in [4.69, 9.17) is 4.74 Å². The number of hydrogen-bond donors (Lipinski definition) is 3. The van der Waals surface area contributed by atoms with Crippen LogP contribution in [0.25, 0.3) is 11.3 Å². The average molecular weight is 484 g/mol. The van der Waals surface area contributed by atoms with Crippen molar-refractivity contribution in [1.82, 2.24) is 25.4 Å². The quantitative estimate of drug-likeness (QED) is 0.581. The lowest BCUT2D eigenvalue weighted by molar-refractivity contribution is -0.131. The highest BCUT2D eigenvalue weighted by Gasteiger charge is 2.62. The molecule has 186 valence electrons. The summed E-state index contributed by atoms with van der Waals surface area (Å²) in [6.07, 6.45) is 7.74. The number of nitrogens with one attached hydrogen (secondary N) is 2. The Morgan fingerprint density at radius 3 is 2.77 bits per heavy atom. The number of likely N-dealkylation sites (tertiary alicyclic amines) is 1. The zero-order valence-corrected chi connectivity index (χ0v) is 19.8. The van der Waals surface area contributed by atoms with E-state index in [1.807, 2.05) is 4.90 Å². The monoisotopic (exact) mass is 483 g/mol. The molecule has 2 amide bonds. The van der Waals surface area contributed by atoms with Gasteiger partial charge in [0.2, 0.25) is 11.8 Å². The molecule has 2 bridgehead atoms. The predicted molar refractivity (Wildman–Crippen MR) is 123 cm³/mol. The Balaban J connectivity index is 1.13. The molecule has 1 aliphatic heterocycles. The highest BCUT2D eigenvalue weighted by molar-refractivity contribution is 5.94. The van der Waals surface area contributed by atoms with Crippen LogP contribution in [0.5, 0.6) is 5.88 Å². The van der Waals surface area contributed by atoms with Crippen LogP contribution in [0.15, 0.2) is 18.3 Å². The van der Waals surface area contributed by atoms with Crippen LogP contribution < -0.4 is 10.1 Å². The second-order valence-electron chi connectivity index (χ2n) is 11.0. The van der Waals surface area contributed by atoms with Gasteiger partial charge in [-0.3, -0.25) is 14.7 Å². The van der Waals surface area contributed by atoms with Gasteiger partial charge in [0.25, 0.3) is 5.91 Å². The SMILES string of the molecule is COc1cc(-c2cc(C(=O)N3CC[C@H](C(=O)NC45CCC(CO)(C4)C5)CC34CC4)[nH]n2)c(F)cn1. The summed E-state index contributed by atoms with van der Waals surface area (Å²) >= 11 is 0. The number of fused-ring (bicyclic) bond motifs is 1. The molecule has 1 saturated heterocycles. The highest BCUT2D eigenvalue weighted by Crippen LogP contribution is 2.61. The summed E-state index contributed by atoms with van der Waals surface area (Å²) in [6, 6.07) is 3.00. The topological polar surface area (TPSA) is 120 Å². The van der Waals surface area contributed by atoms with E-state index in [-0.39, 0.29) is 52.3 Å². The summed E-state index contributed by atoms with van der Waals surface area (Å²) in [4.78, 5) is 32.2. The fourth-order valence-electron chi connectivity index (χ4n) is 6.74. The number of pyridine rings is 1. The Labute approximate surface area is 202 Å². The van der Waals surface area contributed by atoms with Crippen molar-refractivity contribution in [1.29, 1.82) is 0 Å². The summed E-state index contributed by atoms with van der Waals surface area (Å²) in [7, 11) is 1.45. The van der Waals surface area contributed by atoms with Crippen molar-refractivity contribution in [3.05, 3.63) is 29.8 Å². The van der Waals surface area contributed by atoms with Gasteiger partial charge in [-0.1, -0.05) is 0 Å². The van der Waals surface area contributed by atoms with Crippen LogP contribution in [-0.2, 0) is 4.79 Å². The molecular weight excluding hydrogens is 453 g/mol. The molecule has 4 saturated carbocycles. The molecule has 4 aliphatic carbocycles. The van der Waals surface area contributed by atoms with Gasteiger partial charge in [-0.2, -0.15) is 5.10 Å². The molecule has 2 aromatic rings. The first-order valence-electron chi connectivity index (χ1n) is 12.3. The summed E-state index contributed by atoms with van der Waals surface area (Å²) in [5, 5.41) is 19.9. The van der Waals surface area contributed by atoms with Crippen LogP contribution in [-0.4, -0.2) is 68.3 Å². The minimum absolute atomic E-state index is 0.0218. The zero-order valence-electron chi connectivity index (χ0n) is 19.8. The number of H-pyrrole nitrogens is 1. The fraction of sp³-hybridized carbons (Fsp3) is 0.600. The second-order valence-corrected chi connectivity index (χ2v) is 11.0. The van der Waals surface area contributed by atoms with Gasteiger partial charge >= 0.3 is 0 Å². The number of aromatic amines is 1. The van der Waals surface area contributed by atoms with E-state index < -0.39 is 5.82 Å². The van der Waals surface area contributed by atoms with Crippen LogP contribution >= 0.6 is 0 Å². The molecule has 0 aromatic carbocycles. The first-order chi connectivity index (χ1) is 16.8. The van der Waals surface area contributed by atoms with Crippen molar-refractivity contribution in [3.8, 4) is 17.1 Å². The lowest BCUT2D eigenvalue weighted by Gasteiger charge is -2.48. The maximum Gasteiger partial charge on any atom is 0.272 e. The molecule has 7 rings (SSSR count). The number of hydrogen-bond acceptors (Lipinski definition) is 6. The second kappa shape index (κ2) is 7.74. The molecule has 0 radical (unpaired) electrons. The van der Waals surface area contributed by atoms with E-state index in [2.05, 4.69) is 20.5 Å². The van der Waals surface area contributed by atoms with Crippen molar-refractivity contribution in [3.63, 3.8) is 0 Å². The van der Waals surface area contributed by atoms with Gasteiger partial charge in [0, 0.05) is 41.8 Å². The number of aliphatic hydroxyl groups excluding tert-OH is 1. The predicted octanol–water partition coefficient (Wildman–Crippen LogP) is 2.43. The van der Waals surface area contributed by atoms with Gasteiger partial charge in [-0.25, -0.2) is 9.37 Å². The third kappa shape index (κ3) is 3.61. The Hall–Kier alpha value is -3.01. The largest absolute Gasteiger partial charge is 0.481 e. The smallest absolute Gasteiger partial charge is 0.272 e. The molecule has 5 aliphatic rings. The molecule has 10 heteroatoms. The summed E-state index contributed by atoms with van der Waals surface area (Å²) < 4.78 is 19.4. The number of ether oxygens (including phenoxy) is 1. The Kier molecular flexibility index (Phi) is 4.97. The molecule has 1 spiro atoms. The van der Waals surface area contributed by atoms with Crippen molar-refractivity contribution in [2.45, 2.75) is 62.4 Å². The van der Waals surface area contributed by atoms with Crippen molar-refractivity contribution >= 4 is 11.8 Å². The summed E-state index contributed by atoms with van der Waals surface area (Å²) in [5.74, 6) is -0.497. The Bertz CT molecular complexity index is 1190. The number of nitrogens with zero attached hydrogens (tertiary/aromatic N) is 3. The number of methoxy groups -OCH3 is 1. The van der Waals surface area contributed by atoms with Gasteiger partial charge < -0.3 is 20.1 Å². The van der Waals surface area contributed by atoms with Crippen molar-refractivity contribution in [2.75, 3.05) is 20.3 Å². The summed E-state index contributed by atoms with van der Waals surface area (Å²) in [6.45, 7) is 0.696. The van der Waals surface area contributed by atoms with Gasteiger partial charge in [0.15, 0.2) is 5.82 Å². The Morgan fingerprint density at radius 2 is 2.09 bits per heavy atom. The molecule has 3 N–H and O–H groups in total. The molecule has 5 fully saturated rings. The van der Waals surface area contributed by atoms with Crippen molar-refractivity contribution in [2.24, 2.45) is 11.3 Å². The average Bonchev–Trinajstić information content (AvgIpc) is 3.19. The number of halogens is 1. The maximum atomic E-state index is 14.3. The van der Waals surface area contributed by atoms with Crippen LogP contribution in [0.4, 0.5) is 4.39 Å². The van der Waals surface area contributed by atoms with E-state index in [0.29, 0.717) is 30.8 Å². The third-order valence-electron chi connectivity index (χ3n) is 8.75. The van der Waals surface area contributed by atoms with Gasteiger partial charge in [-0.15, -0.1) is 0 Å². The number of piperidine rings is 1. The van der Waals surface area contributed by atoms with Crippen molar-refractivity contribution < 1.29 is 23.8 Å². The minimum atomic E-state index is -0.550. The number of carbonyl (C=O) groups excluding carboxylic acids is 2. The molecule has 9 nitrogen and oxygen atoms in total. The lowest BCUT2D eigenvalue weighted by Crippen LogP contribution is -2.59. The standard InChI is InChI=1S/C25H30FN5O4/c1-35-20-8-16(17(26)11-27-20)18-9-19(30-29-18)22(34)31-7-2-15(10-25(31)5-6-25)21(33)28-24-4-3-23(12-24,13-24)14-32/h8-9,11,15,32H,2-7,10,12-14H2,1H3,(H,28,33)(H,29,30)/t15-,23?,24?/m0/s1. The minimum Gasteiger partial charge on any atom is -0.481 e. The van der Waals surface area contributed by atoms with Gasteiger partial charge in [0.1, 0.15) is 5.69 Å². The maximum absolute atomic E-state index is 14.3. The van der Waals surface area contributed by atoms with E-state index in [1.54, 1.807) is 6.07 Å². The van der Waals surface area contributed by atoms with Crippen LogP contribution in [0.3, 0.4) is 0 Å². The normalized spacial score (nSPS) is 30.1.